The fraction of sp³-hybridized carbons (Fsp3) is 0.400. The highest BCUT2D eigenvalue weighted by Gasteiger charge is 2.35. The Morgan fingerprint density at radius 3 is 2.83 bits per heavy atom. The molecule has 6 rings (SSSR count). The van der Waals surface area contributed by atoms with Crippen LogP contribution in [0.1, 0.15) is 36.0 Å². The molecule has 1 fully saturated rings. The Balaban J connectivity index is 1.45. The highest BCUT2D eigenvalue weighted by molar-refractivity contribution is 7.70. The standard InChI is InChI=1S/C25H28N6O4S/c1-15-22(16(2)35-29-15)18-6-7-20-23-24(18)34-14-21(19-5-3-4-10-26-19)31(23)25(28-20)30-12-9-17(13-30)8-11-27-36(32)33/h3-7,10,17,21,36H,8-9,11-14H2,1-2H3,(H,27,32,33)/t17-,21+/m0/s1. The predicted molar refractivity (Wildman–Crippen MR) is 136 cm³/mol. The SMILES string of the molecule is Cc1noc(C)c1-c1ccc2nc(N3CC[C@H](CCN[SH](=O)=O)C3)n3c2c1OC[C@@H]3c1ccccn1. The van der Waals surface area contributed by atoms with Gasteiger partial charge in [0.1, 0.15) is 23.9 Å². The van der Waals surface area contributed by atoms with Gasteiger partial charge in [-0.2, -0.15) is 0 Å². The van der Waals surface area contributed by atoms with Gasteiger partial charge in [0.2, 0.25) is 16.8 Å². The summed E-state index contributed by atoms with van der Waals surface area (Å²) in [4.78, 5) is 12.0. The maximum absolute atomic E-state index is 10.9. The van der Waals surface area contributed by atoms with Crippen molar-refractivity contribution in [3.8, 4) is 16.9 Å². The lowest BCUT2D eigenvalue weighted by Gasteiger charge is -2.30. The van der Waals surface area contributed by atoms with E-state index in [1.165, 1.54) is 0 Å². The van der Waals surface area contributed by atoms with Crippen LogP contribution >= 0.6 is 0 Å². The summed E-state index contributed by atoms with van der Waals surface area (Å²) >= 11 is 0. The van der Waals surface area contributed by atoms with Gasteiger partial charge in [0.05, 0.1) is 22.5 Å². The Labute approximate surface area is 210 Å². The molecule has 1 N–H and O–H groups in total. The summed E-state index contributed by atoms with van der Waals surface area (Å²) in [5.74, 6) is 2.82. The maximum atomic E-state index is 10.9. The van der Waals surface area contributed by atoms with Crippen LogP contribution < -0.4 is 14.4 Å². The van der Waals surface area contributed by atoms with Crippen LogP contribution in [-0.4, -0.2) is 54.4 Å². The molecule has 10 nitrogen and oxygen atoms in total. The molecule has 2 aliphatic rings. The fourth-order valence-corrected chi connectivity index (χ4v) is 5.82. The van der Waals surface area contributed by atoms with Crippen molar-refractivity contribution in [2.45, 2.75) is 32.7 Å². The number of benzene rings is 1. The minimum absolute atomic E-state index is 0.121. The molecule has 0 radical (unpaired) electrons. The molecule has 0 aliphatic carbocycles. The number of aromatic nitrogens is 4. The molecule has 4 aromatic rings. The molecule has 0 bridgehead atoms. The van der Waals surface area contributed by atoms with Crippen LogP contribution in [0.3, 0.4) is 0 Å². The van der Waals surface area contributed by atoms with E-state index in [2.05, 4.69) is 24.3 Å². The number of rotatable bonds is 7. The zero-order chi connectivity index (χ0) is 24.8. The Morgan fingerprint density at radius 2 is 2.08 bits per heavy atom. The molecule has 3 aromatic heterocycles. The lowest BCUT2D eigenvalue weighted by molar-refractivity contribution is 0.258. The molecular weight excluding hydrogens is 480 g/mol. The molecule has 2 aliphatic heterocycles. The van der Waals surface area contributed by atoms with Gasteiger partial charge in [0, 0.05) is 31.4 Å². The van der Waals surface area contributed by atoms with Crippen molar-refractivity contribution in [3.05, 3.63) is 53.7 Å². The van der Waals surface area contributed by atoms with Crippen molar-refractivity contribution in [1.82, 2.24) is 24.4 Å². The van der Waals surface area contributed by atoms with E-state index < -0.39 is 10.9 Å². The number of ether oxygens (including phenoxy) is 1. The minimum Gasteiger partial charge on any atom is -0.488 e. The second kappa shape index (κ2) is 9.21. The number of hydrogen-bond donors (Lipinski definition) is 2. The Kier molecular flexibility index (Phi) is 5.88. The molecule has 1 aromatic carbocycles. The van der Waals surface area contributed by atoms with Crippen LogP contribution in [0.5, 0.6) is 5.75 Å². The average molecular weight is 509 g/mol. The van der Waals surface area contributed by atoms with E-state index in [4.69, 9.17) is 14.2 Å². The molecule has 0 saturated carbocycles. The van der Waals surface area contributed by atoms with Crippen LogP contribution in [0.25, 0.3) is 22.2 Å². The van der Waals surface area contributed by atoms with Gasteiger partial charge in [-0.05, 0) is 56.9 Å². The lowest BCUT2D eigenvalue weighted by Crippen LogP contribution is -2.30. The molecule has 0 amide bonds. The van der Waals surface area contributed by atoms with Crippen molar-refractivity contribution in [2.75, 3.05) is 31.1 Å². The topological polar surface area (TPSA) is 115 Å². The fourth-order valence-electron chi connectivity index (χ4n) is 5.51. The number of imidazole rings is 1. The summed E-state index contributed by atoms with van der Waals surface area (Å²) in [6.07, 6.45) is 3.59. The van der Waals surface area contributed by atoms with E-state index >= 15 is 0 Å². The van der Waals surface area contributed by atoms with Crippen molar-refractivity contribution < 1.29 is 17.7 Å². The van der Waals surface area contributed by atoms with Crippen molar-refractivity contribution in [3.63, 3.8) is 0 Å². The summed E-state index contributed by atoms with van der Waals surface area (Å²) in [5.41, 5.74) is 5.44. The van der Waals surface area contributed by atoms with Crippen LogP contribution in [-0.2, 0) is 10.9 Å². The number of thiol groups is 1. The smallest absolute Gasteiger partial charge is 0.207 e. The van der Waals surface area contributed by atoms with Gasteiger partial charge in [0.25, 0.3) is 0 Å². The van der Waals surface area contributed by atoms with Crippen molar-refractivity contribution >= 4 is 27.9 Å². The van der Waals surface area contributed by atoms with Crippen LogP contribution in [0.4, 0.5) is 5.95 Å². The van der Waals surface area contributed by atoms with E-state index in [0.717, 1.165) is 76.9 Å². The molecule has 5 heterocycles. The van der Waals surface area contributed by atoms with Gasteiger partial charge < -0.3 is 14.2 Å². The first-order chi connectivity index (χ1) is 17.5. The number of pyridine rings is 1. The molecule has 0 spiro atoms. The van der Waals surface area contributed by atoms with Gasteiger partial charge in [-0.15, -0.1) is 0 Å². The molecule has 188 valence electrons. The van der Waals surface area contributed by atoms with Gasteiger partial charge in [-0.3, -0.25) is 9.55 Å². The Hall–Kier alpha value is -3.44. The third-order valence-corrected chi connectivity index (χ3v) is 7.66. The number of nitrogens with zero attached hydrogens (tertiary/aromatic N) is 5. The summed E-state index contributed by atoms with van der Waals surface area (Å²) in [5, 5.41) is 4.15. The number of hydrogen-bond acceptors (Lipinski definition) is 8. The summed E-state index contributed by atoms with van der Waals surface area (Å²) < 4.78 is 38.5. The summed E-state index contributed by atoms with van der Waals surface area (Å²) in [6.45, 7) is 6.43. The molecule has 0 unspecified atom stereocenters. The zero-order valence-electron chi connectivity index (χ0n) is 20.2. The second-order valence-corrected chi connectivity index (χ2v) is 10.3. The largest absolute Gasteiger partial charge is 0.488 e. The molecule has 11 heteroatoms. The lowest BCUT2D eigenvalue weighted by atomic mass is 10.0. The van der Waals surface area contributed by atoms with Gasteiger partial charge in [0.15, 0.2) is 5.75 Å². The first-order valence-electron chi connectivity index (χ1n) is 12.2. The maximum Gasteiger partial charge on any atom is 0.207 e. The van der Waals surface area contributed by atoms with E-state index in [9.17, 15) is 8.42 Å². The van der Waals surface area contributed by atoms with Crippen LogP contribution in [0.15, 0.2) is 41.1 Å². The Bertz CT molecular complexity index is 1470. The van der Waals surface area contributed by atoms with E-state index in [0.29, 0.717) is 19.1 Å². The number of aryl methyl sites for hydroxylation is 2. The second-order valence-electron chi connectivity index (χ2n) is 9.43. The molecular formula is C25H28N6O4S. The normalized spacial score (nSPS) is 19.4. The minimum atomic E-state index is -2.56. The first-order valence-corrected chi connectivity index (χ1v) is 13.3. The molecule has 2 atom stereocenters. The highest BCUT2D eigenvalue weighted by atomic mass is 32.2. The molecule has 1 saturated heterocycles. The van der Waals surface area contributed by atoms with E-state index in [1.54, 1.807) is 6.20 Å². The predicted octanol–water partition coefficient (Wildman–Crippen LogP) is 3.02. The Morgan fingerprint density at radius 1 is 1.19 bits per heavy atom. The van der Waals surface area contributed by atoms with Crippen molar-refractivity contribution in [1.29, 1.82) is 0 Å². The van der Waals surface area contributed by atoms with Gasteiger partial charge in [-0.1, -0.05) is 11.2 Å². The van der Waals surface area contributed by atoms with Crippen molar-refractivity contribution in [2.24, 2.45) is 5.92 Å². The van der Waals surface area contributed by atoms with E-state index in [-0.39, 0.29) is 6.04 Å². The average Bonchev–Trinajstić information content (AvgIpc) is 3.58. The van der Waals surface area contributed by atoms with E-state index in [1.807, 2.05) is 44.2 Å². The molecule has 36 heavy (non-hydrogen) atoms. The summed E-state index contributed by atoms with van der Waals surface area (Å²) in [6, 6.07) is 9.88. The third-order valence-electron chi connectivity index (χ3n) is 7.18. The summed E-state index contributed by atoms with van der Waals surface area (Å²) in [7, 11) is -2.56. The van der Waals surface area contributed by atoms with Gasteiger partial charge in [-0.25, -0.2) is 18.1 Å². The quantitative estimate of drug-likeness (QED) is 0.366. The zero-order valence-corrected chi connectivity index (χ0v) is 21.1. The van der Waals surface area contributed by atoms with Crippen LogP contribution in [0.2, 0.25) is 0 Å². The monoisotopic (exact) mass is 508 g/mol. The number of nitrogens with one attached hydrogen (secondary N) is 1. The number of anilines is 1. The first kappa shape index (κ1) is 23.0. The van der Waals surface area contributed by atoms with Gasteiger partial charge >= 0.3 is 0 Å². The third kappa shape index (κ3) is 3.92. The van der Waals surface area contributed by atoms with Crippen LogP contribution in [0, 0.1) is 19.8 Å². The highest BCUT2D eigenvalue weighted by Crippen LogP contribution is 2.46.